The van der Waals surface area contributed by atoms with E-state index in [2.05, 4.69) is 25.7 Å². The molecule has 9 heteroatoms. The van der Waals surface area contributed by atoms with Gasteiger partial charge in [-0.15, -0.1) is 0 Å². The van der Waals surface area contributed by atoms with Crippen LogP contribution < -0.4 is 20.6 Å². The summed E-state index contributed by atoms with van der Waals surface area (Å²) in [6.45, 7) is 1.67. The number of hydrogen-bond donors (Lipinski definition) is 3. The topological polar surface area (TPSA) is 122 Å². The van der Waals surface area contributed by atoms with Gasteiger partial charge in [-0.05, 0) is 19.1 Å². The quantitative estimate of drug-likeness (QED) is 0.547. The van der Waals surface area contributed by atoms with Gasteiger partial charge in [0.1, 0.15) is 5.69 Å². The minimum absolute atomic E-state index is 0.0913. The van der Waals surface area contributed by atoms with Gasteiger partial charge in [-0.1, -0.05) is 0 Å². The van der Waals surface area contributed by atoms with E-state index in [1.807, 2.05) is 0 Å². The van der Waals surface area contributed by atoms with E-state index in [-0.39, 0.29) is 23.1 Å². The van der Waals surface area contributed by atoms with Crippen molar-refractivity contribution < 1.29 is 14.6 Å². The Morgan fingerprint density at radius 2 is 1.95 bits per heavy atom. The zero-order chi connectivity index (χ0) is 16.1. The highest BCUT2D eigenvalue weighted by Gasteiger charge is 2.10. The molecule has 1 aromatic heterocycles. The van der Waals surface area contributed by atoms with Gasteiger partial charge in [0.25, 0.3) is 0 Å². The van der Waals surface area contributed by atoms with Gasteiger partial charge in [0.2, 0.25) is 5.75 Å². The lowest BCUT2D eigenvalue weighted by Gasteiger charge is -2.09. The maximum atomic E-state index is 11.1. The summed E-state index contributed by atoms with van der Waals surface area (Å²) in [4.78, 5) is 14.8. The number of phenolic OH excluding ortho intramolecular Hbond substituents is 1. The number of anilines is 1. The van der Waals surface area contributed by atoms with E-state index in [0.717, 1.165) is 0 Å². The van der Waals surface area contributed by atoms with Crippen LogP contribution in [0.25, 0.3) is 0 Å². The second-order valence-electron chi connectivity index (χ2n) is 4.22. The molecule has 0 unspecified atom stereocenters. The molecule has 0 spiro atoms. The summed E-state index contributed by atoms with van der Waals surface area (Å²) in [5.41, 5.74) is 3.17. The molecule has 0 fully saturated rings. The number of methoxy groups -OCH3 is 2. The average Bonchev–Trinajstić information content (AvgIpc) is 2.52. The van der Waals surface area contributed by atoms with Crippen molar-refractivity contribution in [3.63, 3.8) is 0 Å². The van der Waals surface area contributed by atoms with E-state index in [9.17, 15) is 9.90 Å². The number of rotatable bonds is 5. The largest absolute Gasteiger partial charge is 0.502 e. The number of aromatic amines is 1. The summed E-state index contributed by atoms with van der Waals surface area (Å²) in [6.07, 6.45) is 1.47. The van der Waals surface area contributed by atoms with Crippen LogP contribution in [0.2, 0.25) is 0 Å². The summed E-state index contributed by atoms with van der Waals surface area (Å²) in [7, 11) is 2.87. The maximum absolute atomic E-state index is 11.1. The molecule has 1 heterocycles. The van der Waals surface area contributed by atoms with Crippen LogP contribution in [0.3, 0.4) is 0 Å². The molecule has 116 valence electrons. The minimum atomic E-state index is -0.573. The van der Waals surface area contributed by atoms with Crippen molar-refractivity contribution in [3.05, 3.63) is 33.9 Å². The number of hydrazone groups is 1. The fraction of sp³-hybridized carbons (Fsp3) is 0.231. The fourth-order valence-electron chi connectivity index (χ4n) is 1.65. The Kier molecular flexibility index (Phi) is 4.57. The van der Waals surface area contributed by atoms with E-state index in [1.165, 1.54) is 20.4 Å². The normalized spacial score (nSPS) is 10.7. The predicted octanol–water partition coefficient (Wildman–Crippen LogP) is 0.642. The molecule has 0 atom stereocenters. The molecule has 2 aromatic rings. The zero-order valence-electron chi connectivity index (χ0n) is 12.2. The molecule has 0 radical (unpaired) electrons. The number of ether oxygens (including phenoxy) is 2. The number of aromatic nitrogens is 3. The zero-order valence-corrected chi connectivity index (χ0v) is 12.2. The van der Waals surface area contributed by atoms with Gasteiger partial charge < -0.3 is 14.6 Å². The first kappa shape index (κ1) is 15.3. The molecule has 9 nitrogen and oxygen atoms in total. The number of aryl methyl sites for hydroxylation is 1. The van der Waals surface area contributed by atoms with Crippen LogP contribution in [-0.4, -0.2) is 40.7 Å². The van der Waals surface area contributed by atoms with E-state index in [1.54, 1.807) is 19.1 Å². The molecule has 0 aliphatic rings. The second-order valence-corrected chi connectivity index (χ2v) is 4.22. The molecule has 0 aliphatic carbocycles. The van der Waals surface area contributed by atoms with E-state index in [0.29, 0.717) is 11.3 Å². The Morgan fingerprint density at radius 3 is 2.55 bits per heavy atom. The lowest BCUT2D eigenvalue weighted by Crippen LogP contribution is -2.15. The van der Waals surface area contributed by atoms with E-state index in [4.69, 9.17) is 9.47 Å². The van der Waals surface area contributed by atoms with E-state index >= 15 is 0 Å². The van der Waals surface area contributed by atoms with Gasteiger partial charge in [0, 0.05) is 5.56 Å². The van der Waals surface area contributed by atoms with Gasteiger partial charge in [0.15, 0.2) is 17.3 Å². The standard InChI is InChI=1S/C13H15N5O4/c1-7-12(15-13(20)18-16-7)17-14-6-8-4-9(21-2)11(19)10(5-8)22-3/h4-6,19H,1-3H3,(H2,15,17,18,20)/b14-6+. The van der Waals surface area contributed by atoms with Crippen molar-refractivity contribution in [2.75, 3.05) is 19.6 Å². The smallest absolute Gasteiger partial charge is 0.363 e. The maximum Gasteiger partial charge on any atom is 0.363 e. The van der Waals surface area contributed by atoms with Crippen molar-refractivity contribution >= 4 is 12.0 Å². The molecule has 2 rings (SSSR count). The summed E-state index contributed by atoms with van der Waals surface area (Å²) in [5, 5.41) is 19.8. The number of H-pyrrole nitrogens is 1. The van der Waals surface area contributed by atoms with Crippen LogP contribution in [0.4, 0.5) is 5.82 Å². The van der Waals surface area contributed by atoms with Gasteiger partial charge in [-0.3, -0.25) is 5.43 Å². The van der Waals surface area contributed by atoms with Gasteiger partial charge in [-0.2, -0.15) is 15.2 Å². The fourth-order valence-corrected chi connectivity index (χ4v) is 1.65. The second kappa shape index (κ2) is 6.57. The third-order valence-corrected chi connectivity index (χ3v) is 2.76. The predicted molar refractivity (Wildman–Crippen MR) is 79.8 cm³/mol. The number of nitrogens with one attached hydrogen (secondary N) is 2. The van der Waals surface area contributed by atoms with Crippen molar-refractivity contribution in [2.24, 2.45) is 5.10 Å². The molecule has 0 saturated carbocycles. The van der Waals surface area contributed by atoms with Crippen LogP contribution in [0.5, 0.6) is 17.2 Å². The summed E-state index contributed by atoms with van der Waals surface area (Å²) in [6, 6.07) is 3.17. The summed E-state index contributed by atoms with van der Waals surface area (Å²) in [5.74, 6) is 0.671. The number of nitrogens with zero attached hydrogens (tertiary/aromatic N) is 3. The highest BCUT2D eigenvalue weighted by Crippen LogP contribution is 2.36. The molecule has 0 bridgehead atoms. The van der Waals surface area contributed by atoms with Crippen LogP contribution >= 0.6 is 0 Å². The molecule has 0 amide bonds. The first-order valence-corrected chi connectivity index (χ1v) is 6.22. The molecule has 22 heavy (non-hydrogen) atoms. The van der Waals surface area contributed by atoms with Gasteiger partial charge in [0.05, 0.1) is 20.4 Å². The van der Waals surface area contributed by atoms with Crippen molar-refractivity contribution in [1.29, 1.82) is 0 Å². The number of hydrogen-bond acceptors (Lipinski definition) is 8. The van der Waals surface area contributed by atoms with Gasteiger partial charge in [-0.25, -0.2) is 9.89 Å². The number of aromatic hydroxyl groups is 1. The molecule has 0 aliphatic heterocycles. The Labute approximate surface area is 125 Å². The number of benzene rings is 1. The first-order valence-electron chi connectivity index (χ1n) is 6.22. The third kappa shape index (κ3) is 3.32. The Hall–Kier alpha value is -3.10. The SMILES string of the molecule is COc1cc(/C=N/Nc2nc(=O)[nH]nc2C)cc(OC)c1O. The summed E-state index contributed by atoms with van der Waals surface area (Å²) >= 11 is 0. The number of phenols is 1. The summed E-state index contributed by atoms with van der Waals surface area (Å²) < 4.78 is 10.1. The minimum Gasteiger partial charge on any atom is -0.502 e. The van der Waals surface area contributed by atoms with Crippen LogP contribution in [0.1, 0.15) is 11.3 Å². The van der Waals surface area contributed by atoms with Crippen LogP contribution in [0, 0.1) is 6.92 Å². The lowest BCUT2D eigenvalue weighted by atomic mass is 10.2. The highest BCUT2D eigenvalue weighted by molar-refractivity contribution is 5.82. The third-order valence-electron chi connectivity index (χ3n) is 2.76. The Morgan fingerprint density at radius 1 is 1.32 bits per heavy atom. The average molecular weight is 305 g/mol. The highest BCUT2D eigenvalue weighted by atomic mass is 16.5. The van der Waals surface area contributed by atoms with E-state index < -0.39 is 5.69 Å². The molecule has 3 N–H and O–H groups in total. The molecule has 0 saturated heterocycles. The van der Waals surface area contributed by atoms with Gasteiger partial charge >= 0.3 is 5.69 Å². The van der Waals surface area contributed by atoms with Crippen LogP contribution in [0.15, 0.2) is 22.0 Å². The van der Waals surface area contributed by atoms with Crippen molar-refractivity contribution in [3.8, 4) is 17.2 Å². The first-order chi connectivity index (χ1) is 10.5. The Bertz CT molecular complexity index is 731. The Balaban J connectivity index is 2.23. The monoisotopic (exact) mass is 305 g/mol. The van der Waals surface area contributed by atoms with Crippen molar-refractivity contribution in [1.82, 2.24) is 15.2 Å². The van der Waals surface area contributed by atoms with Crippen LogP contribution in [-0.2, 0) is 0 Å². The van der Waals surface area contributed by atoms with Crippen molar-refractivity contribution in [2.45, 2.75) is 6.92 Å². The molecular formula is C13H15N5O4. The molecular weight excluding hydrogens is 290 g/mol. The lowest BCUT2D eigenvalue weighted by molar-refractivity contribution is 0.340. The molecule has 1 aromatic carbocycles.